The zero-order valence-corrected chi connectivity index (χ0v) is 19.4. The third kappa shape index (κ3) is 5.52. The topological polar surface area (TPSA) is 108 Å². The zero-order valence-electron chi connectivity index (χ0n) is 18.6. The fourth-order valence-corrected chi connectivity index (χ4v) is 4.04. The molecule has 0 fully saturated rings. The lowest BCUT2D eigenvalue weighted by Crippen LogP contribution is -2.24. The average molecular weight is 482 g/mol. The monoisotopic (exact) mass is 481 g/mol. The first-order chi connectivity index (χ1) is 16.6. The van der Waals surface area contributed by atoms with E-state index in [0.717, 1.165) is 5.56 Å². The zero-order chi connectivity index (χ0) is 23.9. The van der Waals surface area contributed by atoms with Gasteiger partial charge in [-0.15, -0.1) is 0 Å². The number of carbonyl (C=O) groups is 2. The Kier molecular flexibility index (Phi) is 7.38. The van der Waals surface area contributed by atoms with Crippen molar-refractivity contribution in [3.8, 4) is 23.0 Å². The molecule has 0 atom stereocenters. The molecule has 0 saturated heterocycles. The van der Waals surface area contributed by atoms with Crippen molar-refractivity contribution in [3.63, 3.8) is 0 Å². The largest absolute Gasteiger partial charge is 0.493 e. The maximum Gasteiger partial charge on any atom is 0.254 e. The smallest absolute Gasteiger partial charge is 0.254 e. The summed E-state index contributed by atoms with van der Waals surface area (Å²) in [6.45, 7) is 0.460. The molecule has 0 saturated carbocycles. The number of rotatable bonds is 9. The third-order valence-corrected chi connectivity index (χ3v) is 5.92. The number of anilines is 1. The summed E-state index contributed by atoms with van der Waals surface area (Å²) in [5, 5.41) is 6.16. The van der Waals surface area contributed by atoms with Gasteiger partial charge in [0.25, 0.3) is 5.91 Å². The Hall–Kier alpha value is -3.92. The number of hydrogen-bond donors (Lipinski definition) is 2. The molecule has 9 nitrogen and oxygen atoms in total. The van der Waals surface area contributed by atoms with Gasteiger partial charge in [0.1, 0.15) is 5.03 Å². The van der Waals surface area contributed by atoms with Crippen molar-refractivity contribution >= 4 is 29.3 Å². The summed E-state index contributed by atoms with van der Waals surface area (Å²) in [5.74, 6) is 1.99. The second kappa shape index (κ2) is 10.8. The summed E-state index contributed by atoms with van der Waals surface area (Å²) in [6, 6.07) is 14.0. The molecule has 0 radical (unpaired) electrons. The molecular weight excluding hydrogens is 458 g/mol. The molecule has 3 aromatic rings. The summed E-state index contributed by atoms with van der Waals surface area (Å²) in [7, 11) is 3.12. The molecule has 0 unspecified atom stereocenters. The fourth-order valence-electron chi connectivity index (χ4n) is 3.25. The number of nitrogens with zero attached hydrogens (tertiary/aromatic N) is 1. The first-order valence-corrected chi connectivity index (χ1v) is 11.3. The van der Waals surface area contributed by atoms with Crippen LogP contribution in [0.2, 0.25) is 0 Å². The molecule has 0 bridgehead atoms. The summed E-state index contributed by atoms with van der Waals surface area (Å²) < 4.78 is 21.1. The van der Waals surface area contributed by atoms with Gasteiger partial charge in [-0.25, -0.2) is 4.98 Å². The molecule has 176 valence electrons. The SMILES string of the molecule is COc1ccc(CNC(=O)c2cccnc2SCC(=O)Nc2ccc3c(c2)OCO3)cc1OC. The summed E-state index contributed by atoms with van der Waals surface area (Å²) in [5.41, 5.74) is 1.85. The van der Waals surface area contributed by atoms with E-state index in [-0.39, 0.29) is 24.4 Å². The minimum atomic E-state index is -0.290. The Morgan fingerprint density at radius 2 is 1.85 bits per heavy atom. The number of benzene rings is 2. The van der Waals surface area contributed by atoms with E-state index in [9.17, 15) is 9.59 Å². The van der Waals surface area contributed by atoms with Crippen LogP contribution in [0.5, 0.6) is 23.0 Å². The molecular formula is C24H23N3O6S. The molecule has 34 heavy (non-hydrogen) atoms. The van der Waals surface area contributed by atoms with E-state index in [1.54, 1.807) is 62.9 Å². The number of ether oxygens (including phenoxy) is 4. The van der Waals surface area contributed by atoms with Gasteiger partial charge < -0.3 is 29.6 Å². The number of hydrogen-bond acceptors (Lipinski definition) is 8. The van der Waals surface area contributed by atoms with E-state index >= 15 is 0 Å². The van der Waals surface area contributed by atoms with Crippen LogP contribution in [0, 0.1) is 0 Å². The highest BCUT2D eigenvalue weighted by Crippen LogP contribution is 2.34. The van der Waals surface area contributed by atoms with E-state index in [1.807, 2.05) is 6.07 Å². The van der Waals surface area contributed by atoms with Gasteiger partial charge in [0.15, 0.2) is 23.0 Å². The minimum absolute atomic E-state index is 0.0847. The van der Waals surface area contributed by atoms with Crippen LogP contribution in [0.25, 0.3) is 0 Å². The van der Waals surface area contributed by atoms with Crippen molar-refractivity contribution in [3.05, 3.63) is 65.9 Å². The van der Waals surface area contributed by atoms with Crippen LogP contribution in [0.1, 0.15) is 15.9 Å². The van der Waals surface area contributed by atoms with E-state index in [1.165, 1.54) is 11.8 Å². The average Bonchev–Trinajstić information content (AvgIpc) is 3.34. The van der Waals surface area contributed by atoms with Gasteiger partial charge in [-0.3, -0.25) is 9.59 Å². The van der Waals surface area contributed by atoms with Crippen LogP contribution in [0.4, 0.5) is 5.69 Å². The molecule has 2 heterocycles. The lowest BCUT2D eigenvalue weighted by molar-refractivity contribution is -0.113. The van der Waals surface area contributed by atoms with Crippen LogP contribution in [-0.4, -0.2) is 43.6 Å². The molecule has 2 amide bonds. The number of amides is 2. The van der Waals surface area contributed by atoms with Gasteiger partial charge in [0.05, 0.1) is 25.5 Å². The van der Waals surface area contributed by atoms with Gasteiger partial charge in [-0.1, -0.05) is 17.8 Å². The Labute approximate surface area is 200 Å². The molecule has 2 N–H and O–H groups in total. The van der Waals surface area contributed by atoms with Crippen molar-refractivity contribution in [1.82, 2.24) is 10.3 Å². The van der Waals surface area contributed by atoms with Crippen molar-refractivity contribution in [1.29, 1.82) is 0 Å². The lowest BCUT2D eigenvalue weighted by atomic mass is 10.2. The number of thioether (sulfide) groups is 1. The molecule has 0 spiro atoms. The van der Waals surface area contributed by atoms with Crippen molar-refractivity contribution in [2.24, 2.45) is 0 Å². The first kappa shape index (κ1) is 23.2. The van der Waals surface area contributed by atoms with E-state index in [4.69, 9.17) is 18.9 Å². The van der Waals surface area contributed by atoms with Crippen LogP contribution < -0.4 is 29.6 Å². The molecule has 4 rings (SSSR count). The molecule has 1 aliphatic rings. The number of methoxy groups -OCH3 is 2. The highest BCUT2D eigenvalue weighted by molar-refractivity contribution is 8.00. The first-order valence-electron chi connectivity index (χ1n) is 10.3. The van der Waals surface area contributed by atoms with E-state index in [0.29, 0.717) is 45.8 Å². The maximum atomic E-state index is 12.8. The van der Waals surface area contributed by atoms with E-state index < -0.39 is 0 Å². The Bertz CT molecular complexity index is 1200. The molecule has 1 aliphatic heterocycles. The number of fused-ring (bicyclic) bond motifs is 1. The standard InChI is InChI=1S/C24H23N3O6S/c1-30-18-7-5-15(10-20(18)31-2)12-26-23(29)17-4-3-9-25-24(17)34-13-22(28)27-16-6-8-19-21(11-16)33-14-32-19/h3-11H,12-14H2,1-2H3,(H,26,29)(H,27,28). The van der Waals surface area contributed by atoms with E-state index in [2.05, 4.69) is 15.6 Å². The summed E-state index contributed by atoms with van der Waals surface area (Å²) >= 11 is 1.18. The Morgan fingerprint density at radius 1 is 1.03 bits per heavy atom. The van der Waals surface area contributed by atoms with Crippen LogP contribution in [-0.2, 0) is 11.3 Å². The normalized spacial score (nSPS) is 11.6. The third-order valence-electron chi connectivity index (χ3n) is 4.91. The molecule has 1 aromatic heterocycles. The van der Waals surface area contributed by atoms with Gasteiger partial charge in [-0.05, 0) is 42.0 Å². The van der Waals surface area contributed by atoms with Gasteiger partial charge >= 0.3 is 0 Å². The van der Waals surface area contributed by atoms with Crippen molar-refractivity contribution in [2.75, 3.05) is 32.1 Å². The molecule has 0 aliphatic carbocycles. The number of pyridine rings is 1. The van der Waals surface area contributed by atoms with Crippen LogP contribution in [0.15, 0.2) is 59.8 Å². The molecule has 10 heteroatoms. The molecule has 2 aromatic carbocycles. The predicted molar refractivity (Wildman–Crippen MR) is 127 cm³/mol. The quantitative estimate of drug-likeness (QED) is 0.447. The number of carbonyl (C=O) groups excluding carboxylic acids is 2. The summed E-state index contributed by atoms with van der Waals surface area (Å²) in [6.07, 6.45) is 1.59. The van der Waals surface area contributed by atoms with Gasteiger partial charge in [0.2, 0.25) is 12.7 Å². The van der Waals surface area contributed by atoms with Crippen molar-refractivity contribution in [2.45, 2.75) is 11.6 Å². The maximum absolute atomic E-state index is 12.8. The van der Waals surface area contributed by atoms with Gasteiger partial charge in [-0.2, -0.15) is 0 Å². The predicted octanol–water partition coefficient (Wildman–Crippen LogP) is 3.49. The number of aromatic nitrogens is 1. The Morgan fingerprint density at radius 3 is 2.68 bits per heavy atom. The minimum Gasteiger partial charge on any atom is -0.493 e. The summed E-state index contributed by atoms with van der Waals surface area (Å²) in [4.78, 5) is 29.5. The fraction of sp³-hybridized carbons (Fsp3) is 0.208. The number of nitrogens with one attached hydrogen (secondary N) is 2. The van der Waals surface area contributed by atoms with Gasteiger partial charge in [0, 0.05) is 24.5 Å². The van der Waals surface area contributed by atoms with Crippen molar-refractivity contribution < 1.29 is 28.5 Å². The highest BCUT2D eigenvalue weighted by atomic mass is 32.2. The Balaban J connectivity index is 1.34. The second-order valence-electron chi connectivity index (χ2n) is 7.13. The lowest BCUT2D eigenvalue weighted by Gasteiger charge is -2.12. The van der Waals surface area contributed by atoms with Crippen LogP contribution in [0.3, 0.4) is 0 Å². The second-order valence-corrected chi connectivity index (χ2v) is 8.10. The van der Waals surface area contributed by atoms with Crippen LogP contribution >= 0.6 is 11.8 Å². The highest BCUT2D eigenvalue weighted by Gasteiger charge is 2.16.